The fraction of sp³-hybridized carbons (Fsp3) is 0.462. The lowest BCUT2D eigenvalue weighted by Crippen LogP contribution is -2.28. The second-order valence-corrected chi connectivity index (χ2v) is 4.88. The Morgan fingerprint density at radius 3 is 2.75 bits per heavy atom. The van der Waals surface area contributed by atoms with Crippen molar-refractivity contribution in [2.45, 2.75) is 33.5 Å². The van der Waals surface area contributed by atoms with Crippen LogP contribution in [0.3, 0.4) is 0 Å². The topological polar surface area (TPSA) is 56.0 Å². The molecule has 0 aliphatic heterocycles. The van der Waals surface area contributed by atoms with E-state index in [1.165, 1.54) is 0 Å². The minimum Gasteiger partial charge on any atom is -0.334 e. The van der Waals surface area contributed by atoms with Gasteiger partial charge in [0.2, 0.25) is 0 Å². The molecule has 6 nitrogen and oxygen atoms in total. The van der Waals surface area contributed by atoms with Gasteiger partial charge in [-0.15, -0.1) is 0 Å². The van der Waals surface area contributed by atoms with Crippen LogP contribution in [0, 0.1) is 0 Å². The van der Waals surface area contributed by atoms with Crippen molar-refractivity contribution in [2.75, 3.05) is 7.05 Å². The molecule has 7 heteroatoms. The first-order chi connectivity index (χ1) is 9.56. The van der Waals surface area contributed by atoms with Gasteiger partial charge in [0.1, 0.15) is 11.4 Å². The molecule has 20 heavy (non-hydrogen) atoms. The molecule has 0 N–H and O–H groups in total. The number of halogens is 1. The van der Waals surface area contributed by atoms with Crippen molar-refractivity contribution in [3.63, 3.8) is 0 Å². The SMILES string of the molecule is CCn1cc(Cl)c(CN(C)C(=O)c2ccnn2CC)n1. The molecule has 1 amide bonds. The summed E-state index contributed by atoms with van der Waals surface area (Å²) in [6, 6.07) is 1.72. The van der Waals surface area contributed by atoms with E-state index in [0.29, 0.717) is 29.5 Å². The Kier molecular flexibility index (Phi) is 4.44. The van der Waals surface area contributed by atoms with E-state index in [9.17, 15) is 4.79 Å². The summed E-state index contributed by atoms with van der Waals surface area (Å²) in [5.74, 6) is -0.0912. The normalized spacial score (nSPS) is 10.8. The molecule has 2 rings (SSSR count). The third-order valence-corrected chi connectivity index (χ3v) is 3.40. The largest absolute Gasteiger partial charge is 0.334 e. The van der Waals surface area contributed by atoms with Gasteiger partial charge in [-0.25, -0.2) is 0 Å². The first-order valence-corrected chi connectivity index (χ1v) is 6.93. The maximum Gasteiger partial charge on any atom is 0.272 e. The molecule has 0 bridgehead atoms. The van der Waals surface area contributed by atoms with E-state index < -0.39 is 0 Å². The maximum absolute atomic E-state index is 12.4. The summed E-state index contributed by atoms with van der Waals surface area (Å²) in [6.07, 6.45) is 3.40. The smallest absolute Gasteiger partial charge is 0.272 e. The van der Waals surface area contributed by atoms with Crippen LogP contribution in [0.1, 0.15) is 30.0 Å². The highest BCUT2D eigenvalue weighted by Crippen LogP contribution is 2.16. The minimum absolute atomic E-state index is 0.0912. The van der Waals surface area contributed by atoms with Crippen molar-refractivity contribution in [1.82, 2.24) is 24.5 Å². The predicted molar refractivity (Wildman–Crippen MR) is 76.6 cm³/mol. The lowest BCUT2D eigenvalue weighted by molar-refractivity contribution is 0.0771. The minimum atomic E-state index is -0.0912. The number of aromatic nitrogens is 4. The zero-order valence-corrected chi connectivity index (χ0v) is 12.6. The Labute approximate surface area is 122 Å². The summed E-state index contributed by atoms with van der Waals surface area (Å²) in [5, 5.41) is 9.03. The third-order valence-electron chi connectivity index (χ3n) is 3.08. The average Bonchev–Trinajstić information content (AvgIpc) is 3.04. The highest BCUT2D eigenvalue weighted by molar-refractivity contribution is 6.31. The van der Waals surface area contributed by atoms with Crippen molar-refractivity contribution < 1.29 is 4.79 Å². The number of nitrogens with zero attached hydrogens (tertiary/aromatic N) is 5. The summed E-state index contributed by atoms with van der Waals surface area (Å²) in [7, 11) is 1.73. The molecule has 0 saturated heterocycles. The molecule has 0 unspecified atom stereocenters. The van der Waals surface area contributed by atoms with Crippen LogP contribution in [0.2, 0.25) is 5.02 Å². The number of hydrogen-bond acceptors (Lipinski definition) is 3. The Morgan fingerprint density at radius 2 is 2.15 bits per heavy atom. The van der Waals surface area contributed by atoms with Gasteiger partial charge in [-0.3, -0.25) is 14.2 Å². The summed E-state index contributed by atoms with van der Waals surface area (Å²) in [4.78, 5) is 14.0. The van der Waals surface area contributed by atoms with E-state index in [1.54, 1.807) is 39.8 Å². The van der Waals surface area contributed by atoms with Crippen molar-refractivity contribution in [2.24, 2.45) is 0 Å². The zero-order valence-electron chi connectivity index (χ0n) is 11.9. The highest BCUT2D eigenvalue weighted by atomic mass is 35.5. The summed E-state index contributed by atoms with van der Waals surface area (Å²) < 4.78 is 3.43. The van der Waals surface area contributed by atoms with Crippen LogP contribution in [-0.4, -0.2) is 37.4 Å². The molecule has 0 aromatic carbocycles. The van der Waals surface area contributed by atoms with Gasteiger partial charge >= 0.3 is 0 Å². The van der Waals surface area contributed by atoms with E-state index in [1.807, 2.05) is 13.8 Å². The molecular weight excluding hydrogens is 278 g/mol. The van der Waals surface area contributed by atoms with Gasteiger partial charge in [0.05, 0.1) is 11.6 Å². The molecule has 0 atom stereocenters. The van der Waals surface area contributed by atoms with Crippen LogP contribution < -0.4 is 0 Å². The average molecular weight is 296 g/mol. The molecule has 0 spiro atoms. The van der Waals surface area contributed by atoms with Gasteiger partial charge in [-0.05, 0) is 19.9 Å². The van der Waals surface area contributed by atoms with E-state index in [2.05, 4.69) is 10.2 Å². The molecular formula is C13H18ClN5O. The molecule has 0 saturated carbocycles. The second-order valence-electron chi connectivity index (χ2n) is 4.47. The van der Waals surface area contributed by atoms with Crippen LogP contribution in [0.5, 0.6) is 0 Å². The number of carbonyl (C=O) groups is 1. The predicted octanol–water partition coefficient (Wildman–Crippen LogP) is 2.04. The number of aryl methyl sites for hydroxylation is 2. The van der Waals surface area contributed by atoms with Crippen LogP contribution in [0.4, 0.5) is 0 Å². The molecule has 108 valence electrons. The van der Waals surface area contributed by atoms with Crippen LogP contribution in [0.15, 0.2) is 18.5 Å². The Balaban J connectivity index is 2.13. The van der Waals surface area contributed by atoms with Gasteiger partial charge in [-0.1, -0.05) is 11.6 Å². The third kappa shape index (κ3) is 2.85. The first kappa shape index (κ1) is 14.6. The fourth-order valence-corrected chi connectivity index (χ4v) is 2.17. The molecule has 0 aliphatic rings. The van der Waals surface area contributed by atoms with Gasteiger partial charge in [0.15, 0.2) is 0 Å². The van der Waals surface area contributed by atoms with E-state index in [-0.39, 0.29) is 5.91 Å². The zero-order chi connectivity index (χ0) is 14.7. The van der Waals surface area contributed by atoms with Gasteiger partial charge in [0, 0.05) is 32.5 Å². The van der Waals surface area contributed by atoms with Gasteiger partial charge in [-0.2, -0.15) is 10.2 Å². The summed E-state index contributed by atoms with van der Waals surface area (Å²) >= 11 is 6.12. The maximum atomic E-state index is 12.4. The first-order valence-electron chi connectivity index (χ1n) is 6.55. The van der Waals surface area contributed by atoms with Crippen LogP contribution >= 0.6 is 11.6 Å². The summed E-state index contributed by atoms with van der Waals surface area (Å²) in [5.41, 5.74) is 1.27. The van der Waals surface area contributed by atoms with E-state index in [4.69, 9.17) is 11.6 Å². The Bertz CT molecular complexity index is 604. The van der Waals surface area contributed by atoms with Crippen molar-refractivity contribution >= 4 is 17.5 Å². The van der Waals surface area contributed by atoms with E-state index >= 15 is 0 Å². The van der Waals surface area contributed by atoms with Crippen LogP contribution in [0.25, 0.3) is 0 Å². The number of rotatable bonds is 5. The molecule has 0 aliphatic carbocycles. The highest BCUT2D eigenvalue weighted by Gasteiger charge is 2.18. The second kappa shape index (κ2) is 6.09. The molecule has 2 aromatic heterocycles. The molecule has 2 aromatic rings. The molecule has 2 heterocycles. The van der Waals surface area contributed by atoms with Gasteiger partial charge < -0.3 is 4.90 Å². The van der Waals surface area contributed by atoms with Gasteiger partial charge in [0.25, 0.3) is 5.91 Å². The molecule has 0 radical (unpaired) electrons. The number of hydrogen-bond donors (Lipinski definition) is 0. The number of carbonyl (C=O) groups excluding carboxylic acids is 1. The Morgan fingerprint density at radius 1 is 1.40 bits per heavy atom. The summed E-state index contributed by atoms with van der Waals surface area (Å²) in [6.45, 7) is 5.72. The lowest BCUT2D eigenvalue weighted by atomic mass is 10.3. The molecule has 0 fully saturated rings. The lowest BCUT2D eigenvalue weighted by Gasteiger charge is -2.16. The van der Waals surface area contributed by atoms with Crippen molar-refractivity contribution in [3.05, 3.63) is 34.9 Å². The Hall–Kier alpha value is -1.82. The number of amides is 1. The standard InChI is InChI=1S/C13H18ClN5O/c1-4-18-8-10(14)11(16-18)9-17(3)13(20)12-6-7-15-19(12)5-2/h6-8H,4-5,9H2,1-3H3. The quantitative estimate of drug-likeness (QED) is 0.848. The fourth-order valence-electron chi connectivity index (χ4n) is 1.96. The monoisotopic (exact) mass is 295 g/mol. The van der Waals surface area contributed by atoms with Crippen molar-refractivity contribution in [1.29, 1.82) is 0 Å². The van der Waals surface area contributed by atoms with E-state index in [0.717, 1.165) is 6.54 Å². The van der Waals surface area contributed by atoms with Crippen molar-refractivity contribution in [3.8, 4) is 0 Å². The van der Waals surface area contributed by atoms with Crippen LogP contribution in [-0.2, 0) is 19.6 Å².